The van der Waals surface area contributed by atoms with E-state index >= 15 is 0 Å². The molecule has 0 radical (unpaired) electrons. The SMILES string of the molecule is CC1=C(N)S[C@@H]2[C@H](C(=O)OC(C)(C)C)C(=O)N2C1(C)C(=O)O. The number of thioether (sulfide) groups is 1. The molecule has 2 aliphatic heterocycles. The minimum atomic E-state index is -1.53. The highest BCUT2D eigenvalue weighted by atomic mass is 32.2. The van der Waals surface area contributed by atoms with Crippen molar-refractivity contribution in [1.82, 2.24) is 4.90 Å². The Kier molecular flexibility index (Phi) is 3.72. The maximum absolute atomic E-state index is 12.4. The van der Waals surface area contributed by atoms with E-state index in [2.05, 4.69) is 0 Å². The molecule has 3 atom stereocenters. The first-order valence-electron chi connectivity index (χ1n) is 6.84. The van der Waals surface area contributed by atoms with Crippen LogP contribution in [-0.2, 0) is 19.1 Å². The van der Waals surface area contributed by atoms with Gasteiger partial charge in [-0.05, 0) is 40.2 Å². The Balaban J connectivity index is 2.35. The summed E-state index contributed by atoms with van der Waals surface area (Å²) in [6, 6.07) is 0. The van der Waals surface area contributed by atoms with Crippen LogP contribution in [-0.4, -0.2) is 44.4 Å². The normalized spacial score (nSPS) is 31.5. The number of nitrogens with zero attached hydrogens (tertiary/aromatic N) is 1. The average Bonchev–Trinajstić information content (AvgIpc) is 2.32. The third kappa shape index (κ3) is 2.25. The molecule has 1 amide bonds. The minimum absolute atomic E-state index is 0.326. The van der Waals surface area contributed by atoms with Crippen molar-refractivity contribution in [2.75, 3.05) is 0 Å². The fourth-order valence-corrected chi connectivity index (χ4v) is 3.96. The van der Waals surface area contributed by atoms with Gasteiger partial charge in [0, 0.05) is 0 Å². The average molecular weight is 328 g/mol. The van der Waals surface area contributed by atoms with Crippen LogP contribution in [0, 0.1) is 5.92 Å². The topological polar surface area (TPSA) is 110 Å². The molecule has 3 N–H and O–H groups in total. The number of hydrogen-bond donors (Lipinski definition) is 2. The lowest BCUT2D eigenvalue weighted by Crippen LogP contribution is -2.74. The van der Waals surface area contributed by atoms with Crippen LogP contribution in [0.15, 0.2) is 10.6 Å². The van der Waals surface area contributed by atoms with Gasteiger partial charge in [-0.15, -0.1) is 0 Å². The van der Waals surface area contributed by atoms with Crippen molar-refractivity contribution >= 4 is 29.6 Å². The molecule has 2 aliphatic rings. The summed E-state index contributed by atoms with van der Waals surface area (Å²) in [6.45, 7) is 8.13. The number of amides is 1. The van der Waals surface area contributed by atoms with E-state index in [9.17, 15) is 19.5 Å². The number of ether oxygens (including phenoxy) is 1. The second-order valence-corrected chi connectivity index (χ2v) is 7.75. The standard InChI is InChI=1S/C14H20N2O5S/c1-6-8(15)22-10-7(11(18)21-13(2,3)4)9(17)16(10)14(6,5)12(19)20/h7,10H,15H2,1-5H3,(H,19,20)/t7-,10-,14?/m1/s1. The largest absolute Gasteiger partial charge is 0.479 e. The van der Waals surface area contributed by atoms with Gasteiger partial charge in [-0.1, -0.05) is 11.8 Å². The van der Waals surface area contributed by atoms with Gasteiger partial charge in [-0.3, -0.25) is 9.59 Å². The molecule has 1 fully saturated rings. The number of carbonyl (C=O) groups excluding carboxylic acids is 2. The van der Waals surface area contributed by atoms with Crippen LogP contribution in [0.1, 0.15) is 34.6 Å². The Bertz CT molecular complexity index is 595. The van der Waals surface area contributed by atoms with Gasteiger partial charge >= 0.3 is 11.9 Å². The van der Waals surface area contributed by atoms with E-state index in [1.165, 1.54) is 11.8 Å². The number of β-lactam (4-membered cyclic amide) rings is 1. The fourth-order valence-electron chi connectivity index (χ4n) is 2.54. The molecule has 0 aromatic rings. The zero-order chi connectivity index (χ0) is 17.0. The Morgan fingerprint density at radius 3 is 2.41 bits per heavy atom. The molecule has 1 saturated heterocycles. The van der Waals surface area contributed by atoms with Crippen LogP contribution in [0.3, 0.4) is 0 Å². The number of rotatable bonds is 2. The summed E-state index contributed by atoms with van der Waals surface area (Å²) in [7, 11) is 0. The van der Waals surface area contributed by atoms with E-state index in [1.54, 1.807) is 27.7 Å². The van der Waals surface area contributed by atoms with Gasteiger partial charge in [0.2, 0.25) is 5.91 Å². The minimum Gasteiger partial charge on any atom is -0.479 e. The summed E-state index contributed by atoms with van der Waals surface area (Å²) >= 11 is 1.13. The van der Waals surface area contributed by atoms with Crippen molar-refractivity contribution in [2.24, 2.45) is 11.7 Å². The van der Waals surface area contributed by atoms with E-state index in [-0.39, 0.29) is 0 Å². The van der Waals surface area contributed by atoms with Crippen molar-refractivity contribution in [3.8, 4) is 0 Å². The molecule has 0 aromatic heterocycles. The molecule has 0 bridgehead atoms. The smallest absolute Gasteiger partial charge is 0.333 e. The second kappa shape index (κ2) is 4.91. The molecule has 2 rings (SSSR count). The van der Waals surface area contributed by atoms with Crippen LogP contribution in [0.5, 0.6) is 0 Å². The van der Waals surface area contributed by atoms with Gasteiger partial charge in [0.25, 0.3) is 0 Å². The van der Waals surface area contributed by atoms with E-state index in [1.807, 2.05) is 0 Å². The van der Waals surface area contributed by atoms with Gasteiger partial charge < -0.3 is 20.5 Å². The summed E-state index contributed by atoms with van der Waals surface area (Å²) in [5.74, 6) is -3.38. The highest BCUT2D eigenvalue weighted by Gasteiger charge is 2.64. The predicted octanol–water partition coefficient (Wildman–Crippen LogP) is 0.893. The molecule has 8 heteroatoms. The van der Waals surface area contributed by atoms with Crippen molar-refractivity contribution in [3.05, 3.63) is 10.6 Å². The Hall–Kier alpha value is -1.70. The molecule has 122 valence electrons. The maximum Gasteiger partial charge on any atom is 0.333 e. The number of carbonyl (C=O) groups is 3. The van der Waals surface area contributed by atoms with Gasteiger partial charge in [0.05, 0.1) is 5.03 Å². The molecule has 2 heterocycles. The van der Waals surface area contributed by atoms with Crippen LogP contribution >= 0.6 is 11.8 Å². The molecule has 0 aliphatic carbocycles. The molecular formula is C14H20N2O5S. The first-order chi connectivity index (χ1) is 9.91. The number of carboxylic acid groups (broad SMARTS) is 1. The molecule has 7 nitrogen and oxygen atoms in total. The molecule has 1 unspecified atom stereocenters. The summed E-state index contributed by atoms with van der Waals surface area (Å²) in [5.41, 5.74) is 4.05. The van der Waals surface area contributed by atoms with Gasteiger partial charge in [0.15, 0.2) is 11.5 Å². The van der Waals surface area contributed by atoms with Crippen molar-refractivity contribution in [2.45, 2.75) is 51.1 Å². The molecular weight excluding hydrogens is 308 g/mol. The first-order valence-corrected chi connectivity index (χ1v) is 7.72. The number of aliphatic carboxylic acids is 1. The van der Waals surface area contributed by atoms with E-state index in [4.69, 9.17) is 10.5 Å². The van der Waals surface area contributed by atoms with Gasteiger partial charge in [-0.2, -0.15) is 0 Å². The molecule has 0 aromatic carbocycles. The Morgan fingerprint density at radius 2 is 1.95 bits per heavy atom. The second-order valence-electron chi connectivity index (χ2n) is 6.59. The molecule has 0 saturated carbocycles. The highest BCUT2D eigenvalue weighted by Crippen LogP contribution is 2.50. The summed E-state index contributed by atoms with van der Waals surface area (Å²) < 4.78 is 5.25. The lowest BCUT2D eigenvalue weighted by molar-refractivity contribution is -0.184. The predicted molar refractivity (Wildman–Crippen MR) is 80.5 cm³/mol. The fraction of sp³-hybridized carbons (Fsp3) is 0.643. The third-order valence-electron chi connectivity index (χ3n) is 3.95. The monoisotopic (exact) mass is 328 g/mol. The lowest BCUT2D eigenvalue weighted by Gasteiger charge is -2.55. The molecule has 22 heavy (non-hydrogen) atoms. The summed E-state index contributed by atoms with van der Waals surface area (Å²) in [6.07, 6.45) is 0. The number of esters is 1. The van der Waals surface area contributed by atoms with Crippen LogP contribution in [0.25, 0.3) is 0 Å². The van der Waals surface area contributed by atoms with E-state index < -0.39 is 40.3 Å². The van der Waals surface area contributed by atoms with Gasteiger partial charge in [-0.25, -0.2) is 4.79 Å². The van der Waals surface area contributed by atoms with Crippen LogP contribution in [0.4, 0.5) is 0 Å². The maximum atomic E-state index is 12.4. The Morgan fingerprint density at radius 1 is 1.41 bits per heavy atom. The van der Waals surface area contributed by atoms with E-state index in [0.717, 1.165) is 11.8 Å². The van der Waals surface area contributed by atoms with Crippen molar-refractivity contribution < 1.29 is 24.2 Å². The number of nitrogens with two attached hydrogens (primary N) is 1. The van der Waals surface area contributed by atoms with Crippen molar-refractivity contribution in [3.63, 3.8) is 0 Å². The first kappa shape index (κ1) is 16.7. The van der Waals surface area contributed by atoms with Crippen LogP contribution < -0.4 is 5.73 Å². The van der Waals surface area contributed by atoms with E-state index in [0.29, 0.717) is 10.6 Å². The highest BCUT2D eigenvalue weighted by molar-refractivity contribution is 8.03. The molecule has 0 spiro atoms. The van der Waals surface area contributed by atoms with Gasteiger partial charge in [0.1, 0.15) is 11.0 Å². The van der Waals surface area contributed by atoms with Crippen LogP contribution in [0.2, 0.25) is 0 Å². The zero-order valence-electron chi connectivity index (χ0n) is 13.2. The Labute approximate surface area is 132 Å². The quantitative estimate of drug-likeness (QED) is 0.440. The third-order valence-corrected chi connectivity index (χ3v) is 5.23. The number of fused-ring (bicyclic) bond motifs is 1. The summed E-state index contributed by atoms with van der Waals surface area (Å²) in [5, 5.41) is 9.21. The zero-order valence-corrected chi connectivity index (χ0v) is 14.0. The lowest BCUT2D eigenvalue weighted by atomic mass is 9.83. The summed E-state index contributed by atoms with van der Waals surface area (Å²) in [4.78, 5) is 37.4. The van der Waals surface area contributed by atoms with Crippen molar-refractivity contribution in [1.29, 1.82) is 0 Å². The number of carboxylic acids is 1. The number of hydrogen-bond acceptors (Lipinski definition) is 6.